The van der Waals surface area contributed by atoms with E-state index in [1.807, 2.05) is 36.0 Å². The first-order valence-corrected chi connectivity index (χ1v) is 8.29. The summed E-state index contributed by atoms with van der Waals surface area (Å²) < 4.78 is 5.07. The zero-order valence-corrected chi connectivity index (χ0v) is 13.0. The molecule has 0 heterocycles. The van der Waals surface area contributed by atoms with Crippen molar-refractivity contribution in [2.45, 2.75) is 44.1 Å². The second-order valence-corrected chi connectivity index (χ2v) is 6.65. The number of hydrogen-bond acceptors (Lipinski definition) is 3. The van der Waals surface area contributed by atoms with Crippen LogP contribution in [0.25, 0.3) is 0 Å². The molecule has 0 aliphatic heterocycles. The maximum Gasteiger partial charge on any atom is 0.251 e. The highest BCUT2D eigenvalue weighted by Crippen LogP contribution is 2.30. The topological polar surface area (TPSA) is 38.3 Å². The molecule has 3 nitrogen and oxygen atoms in total. The summed E-state index contributed by atoms with van der Waals surface area (Å²) in [7, 11) is 1.67. The van der Waals surface area contributed by atoms with E-state index in [0.29, 0.717) is 17.9 Å². The Morgan fingerprint density at radius 3 is 2.75 bits per heavy atom. The van der Waals surface area contributed by atoms with E-state index in [1.165, 1.54) is 12.8 Å². The minimum Gasteiger partial charge on any atom is -0.380 e. The lowest BCUT2D eigenvalue weighted by Gasteiger charge is -2.20. The first-order chi connectivity index (χ1) is 9.74. The van der Waals surface area contributed by atoms with Gasteiger partial charge in [0.15, 0.2) is 0 Å². The van der Waals surface area contributed by atoms with Crippen molar-refractivity contribution in [2.75, 3.05) is 12.9 Å². The molecule has 2 atom stereocenters. The molecule has 0 spiro atoms. The Bertz CT molecular complexity index is 433. The Morgan fingerprint density at radius 2 is 2.10 bits per heavy atom. The summed E-state index contributed by atoms with van der Waals surface area (Å²) in [6.07, 6.45) is 3.54. The fourth-order valence-corrected chi connectivity index (χ4v) is 3.87. The number of rotatable bonds is 6. The van der Waals surface area contributed by atoms with Crippen LogP contribution in [-0.2, 0) is 11.3 Å². The van der Waals surface area contributed by atoms with E-state index < -0.39 is 0 Å². The largest absolute Gasteiger partial charge is 0.380 e. The highest BCUT2D eigenvalue weighted by atomic mass is 32.2. The molecule has 1 aliphatic carbocycles. The summed E-state index contributed by atoms with van der Waals surface area (Å²) in [6, 6.07) is 7.98. The summed E-state index contributed by atoms with van der Waals surface area (Å²) in [5.41, 5.74) is 1.82. The Morgan fingerprint density at radius 1 is 1.35 bits per heavy atom. The third-order valence-electron chi connectivity index (χ3n) is 3.68. The van der Waals surface area contributed by atoms with Gasteiger partial charge in [0.1, 0.15) is 0 Å². The minimum absolute atomic E-state index is 0.0440. The molecule has 0 radical (unpaired) electrons. The molecule has 1 N–H and O–H groups in total. The van der Waals surface area contributed by atoms with Gasteiger partial charge in [0.25, 0.3) is 5.91 Å². The summed E-state index contributed by atoms with van der Waals surface area (Å²) in [4.78, 5) is 12.3. The van der Waals surface area contributed by atoms with Crippen molar-refractivity contribution in [3.63, 3.8) is 0 Å². The van der Waals surface area contributed by atoms with Crippen LogP contribution < -0.4 is 5.32 Å². The number of benzene rings is 1. The van der Waals surface area contributed by atoms with Crippen molar-refractivity contribution in [3.05, 3.63) is 35.4 Å². The zero-order chi connectivity index (χ0) is 14.4. The van der Waals surface area contributed by atoms with Gasteiger partial charge in [0.2, 0.25) is 0 Å². The third kappa shape index (κ3) is 4.00. The lowest BCUT2D eigenvalue weighted by Crippen LogP contribution is -2.38. The Hall–Kier alpha value is -1.00. The highest BCUT2D eigenvalue weighted by Gasteiger charge is 2.28. The molecule has 0 aromatic heterocycles. The second kappa shape index (κ2) is 7.70. The maximum absolute atomic E-state index is 12.3. The smallest absolute Gasteiger partial charge is 0.251 e. The number of carbonyl (C=O) groups excluding carboxylic acids is 1. The van der Waals surface area contributed by atoms with E-state index in [9.17, 15) is 4.79 Å². The molecule has 1 amide bonds. The molecule has 0 bridgehead atoms. The van der Waals surface area contributed by atoms with Gasteiger partial charge in [0, 0.05) is 24.0 Å². The van der Waals surface area contributed by atoms with Crippen molar-refractivity contribution in [1.29, 1.82) is 0 Å². The van der Waals surface area contributed by atoms with E-state index in [-0.39, 0.29) is 5.91 Å². The number of methoxy groups -OCH3 is 1. The van der Waals surface area contributed by atoms with Gasteiger partial charge in [0.05, 0.1) is 6.61 Å². The molecule has 110 valence electrons. The highest BCUT2D eigenvalue weighted by molar-refractivity contribution is 7.99. The van der Waals surface area contributed by atoms with Gasteiger partial charge in [-0.2, -0.15) is 11.8 Å². The molecule has 2 rings (SSSR count). The van der Waals surface area contributed by atoms with E-state index in [0.717, 1.165) is 23.3 Å². The van der Waals surface area contributed by atoms with Gasteiger partial charge in [-0.25, -0.2) is 0 Å². The van der Waals surface area contributed by atoms with Gasteiger partial charge in [-0.3, -0.25) is 4.79 Å². The van der Waals surface area contributed by atoms with Crippen molar-refractivity contribution < 1.29 is 9.53 Å². The van der Waals surface area contributed by atoms with Crippen LogP contribution in [0.5, 0.6) is 0 Å². The van der Waals surface area contributed by atoms with Crippen LogP contribution in [0.3, 0.4) is 0 Å². The molecule has 1 aromatic rings. The standard InChI is InChI=1S/C16H23NO2S/c1-3-20-15-6-4-5-14(15)17-16(18)13-9-7-12(8-10-13)11-19-2/h7-10,14-15H,3-6,11H2,1-2H3,(H,17,18)/t14-,15-/m1/s1. The van der Waals surface area contributed by atoms with Crippen molar-refractivity contribution in [1.82, 2.24) is 5.32 Å². The van der Waals surface area contributed by atoms with Crippen LogP contribution in [0.2, 0.25) is 0 Å². The molecule has 1 saturated carbocycles. The number of nitrogens with one attached hydrogen (secondary N) is 1. The van der Waals surface area contributed by atoms with Gasteiger partial charge in [-0.1, -0.05) is 25.5 Å². The Labute approximate surface area is 125 Å². The lowest BCUT2D eigenvalue weighted by molar-refractivity contribution is 0.0938. The molecule has 0 saturated heterocycles. The second-order valence-electron chi connectivity index (χ2n) is 5.13. The number of thioether (sulfide) groups is 1. The molecule has 20 heavy (non-hydrogen) atoms. The number of hydrogen-bond donors (Lipinski definition) is 1. The van der Waals surface area contributed by atoms with E-state index >= 15 is 0 Å². The van der Waals surface area contributed by atoms with E-state index in [4.69, 9.17) is 4.74 Å². The van der Waals surface area contributed by atoms with Gasteiger partial charge in [-0.05, 0) is 36.3 Å². The Balaban J connectivity index is 1.93. The zero-order valence-electron chi connectivity index (χ0n) is 12.2. The van der Waals surface area contributed by atoms with Crippen LogP contribution >= 0.6 is 11.8 Å². The van der Waals surface area contributed by atoms with Crippen LogP contribution in [0.4, 0.5) is 0 Å². The van der Waals surface area contributed by atoms with Crippen LogP contribution in [0, 0.1) is 0 Å². The quantitative estimate of drug-likeness (QED) is 0.875. The van der Waals surface area contributed by atoms with E-state index in [1.54, 1.807) is 7.11 Å². The van der Waals surface area contributed by atoms with Gasteiger partial charge >= 0.3 is 0 Å². The summed E-state index contributed by atoms with van der Waals surface area (Å²) >= 11 is 1.96. The normalized spacial score (nSPS) is 21.9. The van der Waals surface area contributed by atoms with Crippen molar-refractivity contribution in [2.24, 2.45) is 0 Å². The fraction of sp³-hybridized carbons (Fsp3) is 0.562. The monoisotopic (exact) mass is 293 g/mol. The predicted octanol–water partition coefficient (Wildman–Crippen LogP) is 3.24. The number of ether oxygens (including phenoxy) is 1. The maximum atomic E-state index is 12.3. The van der Waals surface area contributed by atoms with Crippen molar-refractivity contribution in [3.8, 4) is 0 Å². The third-order valence-corrected chi connectivity index (χ3v) is 5.00. The Kier molecular flexibility index (Phi) is 5.92. The van der Waals surface area contributed by atoms with Gasteiger partial charge < -0.3 is 10.1 Å². The summed E-state index contributed by atoms with van der Waals surface area (Å²) in [5.74, 6) is 1.16. The summed E-state index contributed by atoms with van der Waals surface area (Å²) in [5, 5.41) is 3.77. The molecular weight excluding hydrogens is 270 g/mol. The van der Waals surface area contributed by atoms with Crippen molar-refractivity contribution >= 4 is 17.7 Å². The molecule has 1 aromatic carbocycles. The average Bonchev–Trinajstić information content (AvgIpc) is 2.88. The minimum atomic E-state index is 0.0440. The lowest BCUT2D eigenvalue weighted by atomic mass is 10.1. The number of amides is 1. The molecule has 1 fully saturated rings. The first-order valence-electron chi connectivity index (χ1n) is 7.25. The van der Waals surface area contributed by atoms with Crippen LogP contribution in [-0.4, -0.2) is 30.1 Å². The number of carbonyl (C=O) groups is 1. The molecule has 0 unspecified atom stereocenters. The van der Waals surface area contributed by atoms with Crippen LogP contribution in [0.15, 0.2) is 24.3 Å². The molecule has 4 heteroatoms. The average molecular weight is 293 g/mol. The van der Waals surface area contributed by atoms with E-state index in [2.05, 4.69) is 12.2 Å². The first kappa shape index (κ1) is 15.4. The van der Waals surface area contributed by atoms with Crippen LogP contribution in [0.1, 0.15) is 42.1 Å². The molecule has 1 aliphatic rings. The molecular formula is C16H23NO2S. The van der Waals surface area contributed by atoms with Gasteiger partial charge in [-0.15, -0.1) is 0 Å². The SMILES string of the molecule is CCS[C@@H]1CCC[C@H]1NC(=O)c1ccc(COC)cc1. The fourth-order valence-electron chi connectivity index (χ4n) is 2.68. The predicted molar refractivity (Wildman–Crippen MR) is 84.2 cm³/mol. The summed E-state index contributed by atoms with van der Waals surface area (Å²) in [6.45, 7) is 2.76.